The predicted molar refractivity (Wildman–Crippen MR) is 97.4 cm³/mol. The Bertz CT molecular complexity index is 697. The third kappa shape index (κ3) is 3.80. The van der Waals surface area contributed by atoms with Gasteiger partial charge in [0.15, 0.2) is 0 Å². The van der Waals surface area contributed by atoms with Gasteiger partial charge in [-0.15, -0.1) is 0 Å². The molecular formula is C20H22ClNO2. The van der Waals surface area contributed by atoms with E-state index in [0.29, 0.717) is 24.8 Å². The number of ether oxygens (including phenoxy) is 1. The molecule has 0 aliphatic carbocycles. The Morgan fingerprint density at radius 3 is 2.75 bits per heavy atom. The van der Waals surface area contributed by atoms with Gasteiger partial charge in [0.2, 0.25) is 0 Å². The van der Waals surface area contributed by atoms with Crippen LogP contribution in [-0.2, 0) is 4.74 Å². The minimum atomic E-state index is 0.0903. The van der Waals surface area contributed by atoms with Crippen molar-refractivity contribution in [3.63, 3.8) is 0 Å². The van der Waals surface area contributed by atoms with Crippen LogP contribution < -0.4 is 0 Å². The van der Waals surface area contributed by atoms with Crippen molar-refractivity contribution < 1.29 is 9.53 Å². The minimum Gasteiger partial charge on any atom is -0.377 e. The third-order valence-corrected chi connectivity index (χ3v) is 4.65. The van der Waals surface area contributed by atoms with Gasteiger partial charge in [-0.05, 0) is 41.8 Å². The Labute approximate surface area is 148 Å². The van der Waals surface area contributed by atoms with Crippen LogP contribution in [-0.4, -0.2) is 36.6 Å². The number of hydrogen-bond acceptors (Lipinski definition) is 2. The van der Waals surface area contributed by atoms with E-state index in [9.17, 15) is 4.79 Å². The van der Waals surface area contributed by atoms with Gasteiger partial charge >= 0.3 is 0 Å². The number of benzene rings is 2. The van der Waals surface area contributed by atoms with Crippen molar-refractivity contribution in [2.75, 3.05) is 19.8 Å². The Hall–Kier alpha value is -1.84. The zero-order valence-corrected chi connectivity index (χ0v) is 14.6. The predicted octanol–water partition coefficient (Wildman–Crippen LogP) is 4.65. The van der Waals surface area contributed by atoms with Crippen molar-refractivity contribution in [3.05, 3.63) is 59.1 Å². The third-order valence-electron chi connectivity index (χ3n) is 4.40. The lowest BCUT2D eigenvalue weighted by Crippen LogP contribution is -2.48. The highest BCUT2D eigenvalue weighted by molar-refractivity contribution is 6.30. The molecule has 0 N–H and O–H groups in total. The number of amides is 1. The van der Waals surface area contributed by atoms with E-state index in [-0.39, 0.29) is 11.9 Å². The largest absolute Gasteiger partial charge is 0.377 e. The molecule has 1 atom stereocenters. The van der Waals surface area contributed by atoms with E-state index >= 15 is 0 Å². The molecule has 3 nitrogen and oxygen atoms in total. The highest BCUT2D eigenvalue weighted by Gasteiger charge is 2.27. The molecule has 0 spiro atoms. The van der Waals surface area contributed by atoms with E-state index in [1.807, 2.05) is 53.4 Å². The second-order valence-corrected chi connectivity index (χ2v) is 6.54. The summed E-state index contributed by atoms with van der Waals surface area (Å²) in [6, 6.07) is 15.7. The standard InChI is InChI=1S/C20H22ClNO2/c1-2-4-19-14-24-12-11-22(19)20(23)17-6-3-5-16(13-17)15-7-9-18(21)10-8-15/h3,5-10,13,19H,2,4,11-12,14H2,1H3. The summed E-state index contributed by atoms with van der Waals surface area (Å²) >= 11 is 5.96. The lowest BCUT2D eigenvalue weighted by Gasteiger charge is -2.35. The molecule has 0 bridgehead atoms. The number of rotatable bonds is 4. The fraction of sp³-hybridized carbons (Fsp3) is 0.350. The molecule has 4 heteroatoms. The molecule has 1 saturated heterocycles. The lowest BCUT2D eigenvalue weighted by atomic mass is 10.0. The molecule has 2 aromatic carbocycles. The summed E-state index contributed by atoms with van der Waals surface area (Å²) in [6.45, 7) is 4.05. The normalized spacial score (nSPS) is 17.8. The molecule has 2 aromatic rings. The van der Waals surface area contributed by atoms with E-state index in [2.05, 4.69) is 6.92 Å². The van der Waals surface area contributed by atoms with Crippen molar-refractivity contribution >= 4 is 17.5 Å². The number of nitrogens with zero attached hydrogens (tertiary/aromatic N) is 1. The number of carbonyl (C=O) groups excluding carboxylic acids is 1. The van der Waals surface area contributed by atoms with Gasteiger partial charge in [-0.1, -0.05) is 49.2 Å². The molecule has 1 aliphatic heterocycles. The van der Waals surface area contributed by atoms with Crippen LogP contribution in [0.2, 0.25) is 5.02 Å². The first-order valence-electron chi connectivity index (χ1n) is 8.43. The van der Waals surface area contributed by atoms with Crippen LogP contribution in [0.25, 0.3) is 11.1 Å². The molecule has 126 valence electrons. The van der Waals surface area contributed by atoms with Gasteiger partial charge in [-0.2, -0.15) is 0 Å². The molecule has 24 heavy (non-hydrogen) atoms. The average Bonchev–Trinajstić information content (AvgIpc) is 2.63. The summed E-state index contributed by atoms with van der Waals surface area (Å²) in [5.74, 6) is 0.0903. The lowest BCUT2D eigenvalue weighted by molar-refractivity contribution is -0.00433. The van der Waals surface area contributed by atoms with Crippen molar-refractivity contribution in [1.29, 1.82) is 0 Å². The van der Waals surface area contributed by atoms with Gasteiger partial charge in [-0.3, -0.25) is 4.79 Å². The van der Waals surface area contributed by atoms with Crippen LogP contribution in [0, 0.1) is 0 Å². The smallest absolute Gasteiger partial charge is 0.254 e. The van der Waals surface area contributed by atoms with E-state index in [0.717, 1.165) is 29.5 Å². The molecule has 0 aromatic heterocycles. The molecule has 0 radical (unpaired) electrons. The molecule has 1 heterocycles. The topological polar surface area (TPSA) is 29.5 Å². The van der Waals surface area contributed by atoms with Crippen LogP contribution in [0.3, 0.4) is 0 Å². The van der Waals surface area contributed by atoms with Crippen LogP contribution in [0.15, 0.2) is 48.5 Å². The Morgan fingerprint density at radius 2 is 2.00 bits per heavy atom. The monoisotopic (exact) mass is 343 g/mol. The first-order chi connectivity index (χ1) is 11.7. The quantitative estimate of drug-likeness (QED) is 0.808. The second-order valence-electron chi connectivity index (χ2n) is 6.10. The maximum atomic E-state index is 13.0. The minimum absolute atomic E-state index is 0.0903. The van der Waals surface area contributed by atoms with Gasteiger partial charge in [-0.25, -0.2) is 0 Å². The molecule has 3 rings (SSSR count). The first kappa shape index (κ1) is 17.0. The summed E-state index contributed by atoms with van der Waals surface area (Å²) in [5.41, 5.74) is 2.81. The van der Waals surface area contributed by atoms with Gasteiger partial charge < -0.3 is 9.64 Å². The van der Waals surface area contributed by atoms with Crippen molar-refractivity contribution in [2.45, 2.75) is 25.8 Å². The van der Waals surface area contributed by atoms with E-state index < -0.39 is 0 Å². The van der Waals surface area contributed by atoms with Gasteiger partial charge in [0.25, 0.3) is 5.91 Å². The molecule has 1 fully saturated rings. The summed E-state index contributed by atoms with van der Waals surface area (Å²) in [4.78, 5) is 14.9. The molecule has 1 aliphatic rings. The number of morpholine rings is 1. The molecule has 1 amide bonds. The van der Waals surface area contributed by atoms with E-state index in [1.165, 1.54) is 0 Å². The Kier molecular flexibility index (Phi) is 5.54. The van der Waals surface area contributed by atoms with Crippen LogP contribution in [0.5, 0.6) is 0 Å². The number of hydrogen-bond donors (Lipinski definition) is 0. The SMILES string of the molecule is CCCC1COCCN1C(=O)c1cccc(-c2ccc(Cl)cc2)c1. The van der Waals surface area contributed by atoms with Crippen LogP contribution in [0.4, 0.5) is 0 Å². The summed E-state index contributed by atoms with van der Waals surface area (Å²) < 4.78 is 5.55. The zero-order chi connectivity index (χ0) is 16.9. The van der Waals surface area contributed by atoms with Crippen LogP contribution >= 0.6 is 11.6 Å². The summed E-state index contributed by atoms with van der Waals surface area (Å²) in [5, 5.41) is 0.710. The Balaban J connectivity index is 1.84. The fourth-order valence-corrected chi connectivity index (χ4v) is 3.26. The summed E-state index contributed by atoms with van der Waals surface area (Å²) in [7, 11) is 0. The highest BCUT2D eigenvalue weighted by Crippen LogP contribution is 2.24. The highest BCUT2D eigenvalue weighted by atomic mass is 35.5. The Morgan fingerprint density at radius 1 is 1.21 bits per heavy atom. The van der Waals surface area contributed by atoms with Crippen LogP contribution in [0.1, 0.15) is 30.1 Å². The molecular weight excluding hydrogens is 322 g/mol. The van der Waals surface area contributed by atoms with Crippen molar-refractivity contribution in [1.82, 2.24) is 4.90 Å². The molecule has 0 saturated carbocycles. The second kappa shape index (κ2) is 7.82. The van der Waals surface area contributed by atoms with Gasteiger partial charge in [0, 0.05) is 17.1 Å². The molecule has 1 unspecified atom stereocenters. The number of halogens is 1. The van der Waals surface area contributed by atoms with Crippen molar-refractivity contribution in [2.24, 2.45) is 0 Å². The van der Waals surface area contributed by atoms with Crippen molar-refractivity contribution in [3.8, 4) is 11.1 Å². The summed E-state index contributed by atoms with van der Waals surface area (Å²) in [6.07, 6.45) is 2.02. The first-order valence-corrected chi connectivity index (χ1v) is 8.81. The van der Waals surface area contributed by atoms with Gasteiger partial charge in [0.1, 0.15) is 0 Å². The van der Waals surface area contributed by atoms with Gasteiger partial charge in [0.05, 0.1) is 19.3 Å². The van der Waals surface area contributed by atoms with E-state index in [4.69, 9.17) is 16.3 Å². The number of carbonyl (C=O) groups is 1. The fourth-order valence-electron chi connectivity index (χ4n) is 3.13. The maximum Gasteiger partial charge on any atom is 0.254 e. The maximum absolute atomic E-state index is 13.0. The average molecular weight is 344 g/mol. The zero-order valence-electron chi connectivity index (χ0n) is 13.9. The van der Waals surface area contributed by atoms with E-state index in [1.54, 1.807) is 0 Å².